The molecule has 0 aromatic rings. The zero-order chi connectivity index (χ0) is 22.9. The lowest BCUT2D eigenvalue weighted by atomic mass is 9.99. The van der Waals surface area contributed by atoms with E-state index in [1.54, 1.807) is 0 Å². The molecule has 186 valence electrons. The lowest BCUT2D eigenvalue weighted by molar-refractivity contribution is -0.163. The predicted octanol–water partition coefficient (Wildman–Crippen LogP) is 5.75. The summed E-state index contributed by atoms with van der Waals surface area (Å²) in [6, 6.07) is 0. The van der Waals surface area contributed by atoms with Crippen molar-refractivity contribution < 1.29 is 28.5 Å². The molecule has 32 heavy (non-hydrogen) atoms. The normalized spacial score (nSPS) is 20.0. The minimum Gasteiger partial charge on any atom is -0.462 e. The largest absolute Gasteiger partial charge is 0.462 e. The molecule has 6 nitrogen and oxygen atoms in total. The van der Waals surface area contributed by atoms with Crippen LogP contribution in [0.4, 0.5) is 0 Å². The summed E-state index contributed by atoms with van der Waals surface area (Å²) in [4.78, 5) is 24.7. The van der Waals surface area contributed by atoms with Crippen molar-refractivity contribution in [2.24, 2.45) is 5.92 Å². The molecule has 2 atom stereocenters. The number of carbonyl (C=O) groups is 2. The van der Waals surface area contributed by atoms with Crippen molar-refractivity contribution in [1.82, 2.24) is 0 Å². The molecule has 2 aliphatic heterocycles. The molecule has 2 unspecified atom stereocenters. The van der Waals surface area contributed by atoms with Crippen LogP contribution in [0.2, 0.25) is 0 Å². The van der Waals surface area contributed by atoms with Crippen molar-refractivity contribution >= 4 is 11.9 Å². The van der Waals surface area contributed by atoms with Crippen LogP contribution >= 0.6 is 0 Å². The number of hydrogen-bond donors (Lipinski definition) is 0. The molecule has 2 heterocycles. The van der Waals surface area contributed by atoms with Gasteiger partial charge in [-0.3, -0.25) is 9.59 Å². The number of hydrogen-bond acceptors (Lipinski definition) is 6. The van der Waals surface area contributed by atoms with Crippen molar-refractivity contribution in [3.05, 3.63) is 0 Å². The van der Waals surface area contributed by atoms with E-state index in [9.17, 15) is 9.59 Å². The Morgan fingerprint density at radius 3 is 1.34 bits per heavy atom. The van der Waals surface area contributed by atoms with Gasteiger partial charge in [0.1, 0.15) is 25.4 Å². The maximum atomic E-state index is 12.3. The smallest absolute Gasteiger partial charge is 0.320 e. The van der Waals surface area contributed by atoms with Gasteiger partial charge in [0.05, 0.1) is 13.2 Å². The molecule has 0 aromatic carbocycles. The number of carbonyl (C=O) groups excluding carboxylic acids is 2. The molecule has 0 aromatic heterocycles. The summed E-state index contributed by atoms with van der Waals surface area (Å²) in [6.45, 7) is 3.98. The Morgan fingerprint density at radius 1 is 0.656 bits per heavy atom. The summed E-state index contributed by atoms with van der Waals surface area (Å²) in [7, 11) is 0. The molecule has 2 fully saturated rings. The fraction of sp³-hybridized carbons (Fsp3) is 0.923. The first-order valence-electron chi connectivity index (χ1n) is 13.3. The fourth-order valence-corrected chi connectivity index (χ4v) is 3.93. The topological polar surface area (TPSA) is 77.7 Å². The van der Waals surface area contributed by atoms with Crippen molar-refractivity contribution in [2.45, 2.75) is 122 Å². The van der Waals surface area contributed by atoms with E-state index in [1.807, 2.05) is 0 Å². The number of epoxide rings is 2. The van der Waals surface area contributed by atoms with Gasteiger partial charge in [-0.1, -0.05) is 103 Å². The standard InChI is InChI=1S/C26H46O6/c1-2-3-4-5-6-7-8-9-10-11-12-13-14-15-16-17-24(25(27)31-20-22-18-29-22)26(28)32-21-23-19-30-23/h22-24H,2-21H2,1H3. The molecule has 0 aliphatic carbocycles. The van der Waals surface area contributed by atoms with E-state index in [1.165, 1.54) is 77.0 Å². The number of ether oxygens (including phenoxy) is 4. The highest BCUT2D eigenvalue weighted by Crippen LogP contribution is 2.19. The van der Waals surface area contributed by atoms with E-state index in [-0.39, 0.29) is 25.4 Å². The summed E-state index contributed by atoms with van der Waals surface area (Å²) in [5, 5.41) is 0. The van der Waals surface area contributed by atoms with Gasteiger partial charge in [-0.25, -0.2) is 0 Å². The van der Waals surface area contributed by atoms with Crippen LogP contribution in [0.25, 0.3) is 0 Å². The molecule has 2 rings (SSSR count). The van der Waals surface area contributed by atoms with Gasteiger partial charge in [0.15, 0.2) is 5.92 Å². The number of esters is 2. The van der Waals surface area contributed by atoms with Gasteiger partial charge in [-0.15, -0.1) is 0 Å². The quantitative estimate of drug-likeness (QED) is 0.0897. The fourth-order valence-electron chi connectivity index (χ4n) is 3.93. The minimum absolute atomic E-state index is 0.00118. The third-order valence-corrected chi connectivity index (χ3v) is 6.29. The molecule has 0 N–H and O–H groups in total. The van der Waals surface area contributed by atoms with Gasteiger partial charge >= 0.3 is 11.9 Å². The Bertz CT molecular complexity index is 473. The highest BCUT2D eigenvalue weighted by atomic mass is 16.6. The summed E-state index contributed by atoms with van der Waals surface area (Å²) >= 11 is 0. The van der Waals surface area contributed by atoms with Crippen molar-refractivity contribution in [3.8, 4) is 0 Å². The van der Waals surface area contributed by atoms with Crippen LogP contribution in [0.3, 0.4) is 0 Å². The number of unbranched alkanes of at least 4 members (excludes halogenated alkanes) is 14. The van der Waals surface area contributed by atoms with E-state index < -0.39 is 17.9 Å². The van der Waals surface area contributed by atoms with E-state index in [0.29, 0.717) is 19.6 Å². The Balaban J connectivity index is 1.44. The summed E-state index contributed by atoms with van der Waals surface area (Å²) in [6.07, 6.45) is 19.8. The molecule has 0 radical (unpaired) electrons. The monoisotopic (exact) mass is 454 g/mol. The van der Waals surface area contributed by atoms with Gasteiger partial charge in [0.25, 0.3) is 0 Å². The van der Waals surface area contributed by atoms with E-state index >= 15 is 0 Å². The van der Waals surface area contributed by atoms with Crippen LogP contribution in [-0.4, -0.2) is 50.6 Å². The van der Waals surface area contributed by atoms with Gasteiger partial charge in [-0.2, -0.15) is 0 Å². The van der Waals surface area contributed by atoms with Gasteiger partial charge in [-0.05, 0) is 6.42 Å². The molecular formula is C26H46O6. The molecule has 0 bridgehead atoms. The molecule has 0 saturated carbocycles. The summed E-state index contributed by atoms with van der Waals surface area (Å²) in [5.74, 6) is -1.78. The Morgan fingerprint density at radius 2 is 1.00 bits per heavy atom. The van der Waals surface area contributed by atoms with Crippen molar-refractivity contribution in [1.29, 1.82) is 0 Å². The first kappa shape index (κ1) is 27.1. The van der Waals surface area contributed by atoms with E-state index in [4.69, 9.17) is 18.9 Å². The maximum Gasteiger partial charge on any atom is 0.320 e. The van der Waals surface area contributed by atoms with Gasteiger partial charge in [0, 0.05) is 0 Å². The van der Waals surface area contributed by atoms with Gasteiger partial charge in [0.2, 0.25) is 0 Å². The second-order valence-corrected chi connectivity index (χ2v) is 9.46. The average molecular weight is 455 g/mol. The molecule has 0 amide bonds. The van der Waals surface area contributed by atoms with Gasteiger partial charge < -0.3 is 18.9 Å². The lowest BCUT2D eigenvalue weighted by Crippen LogP contribution is -2.30. The Kier molecular flexibility index (Phi) is 14.7. The minimum atomic E-state index is -0.825. The van der Waals surface area contributed by atoms with Crippen LogP contribution in [0.1, 0.15) is 110 Å². The van der Waals surface area contributed by atoms with Crippen LogP contribution in [0, 0.1) is 5.92 Å². The first-order valence-corrected chi connectivity index (χ1v) is 13.3. The molecule has 6 heteroatoms. The zero-order valence-corrected chi connectivity index (χ0v) is 20.3. The van der Waals surface area contributed by atoms with Crippen LogP contribution in [0.5, 0.6) is 0 Å². The van der Waals surface area contributed by atoms with Crippen molar-refractivity contribution in [3.63, 3.8) is 0 Å². The predicted molar refractivity (Wildman–Crippen MR) is 124 cm³/mol. The maximum absolute atomic E-state index is 12.3. The molecule has 2 aliphatic rings. The third kappa shape index (κ3) is 14.1. The molecular weight excluding hydrogens is 408 g/mol. The number of rotatable bonds is 22. The average Bonchev–Trinajstić information content (AvgIpc) is 3.70. The second-order valence-electron chi connectivity index (χ2n) is 9.46. The zero-order valence-electron chi connectivity index (χ0n) is 20.3. The summed E-state index contributed by atoms with van der Waals surface area (Å²) in [5.41, 5.74) is 0. The second kappa shape index (κ2) is 17.4. The van der Waals surface area contributed by atoms with E-state index in [0.717, 1.165) is 19.3 Å². The first-order chi connectivity index (χ1) is 15.7. The molecule has 2 saturated heterocycles. The highest BCUT2D eigenvalue weighted by molar-refractivity contribution is 5.94. The molecule has 0 spiro atoms. The Hall–Kier alpha value is -1.14. The van der Waals surface area contributed by atoms with Crippen LogP contribution in [0.15, 0.2) is 0 Å². The summed E-state index contributed by atoms with van der Waals surface area (Å²) < 4.78 is 20.6. The van der Waals surface area contributed by atoms with Crippen molar-refractivity contribution in [2.75, 3.05) is 26.4 Å². The third-order valence-electron chi connectivity index (χ3n) is 6.29. The lowest BCUT2D eigenvalue weighted by Gasteiger charge is -2.14. The van der Waals surface area contributed by atoms with Crippen LogP contribution in [-0.2, 0) is 28.5 Å². The highest BCUT2D eigenvalue weighted by Gasteiger charge is 2.33. The SMILES string of the molecule is CCCCCCCCCCCCCCCCCC(C(=O)OCC1CO1)C(=O)OCC1CO1. The van der Waals surface area contributed by atoms with Crippen LogP contribution < -0.4 is 0 Å². The van der Waals surface area contributed by atoms with E-state index in [2.05, 4.69) is 6.92 Å². The Labute approximate surface area is 195 Å².